The second-order valence-corrected chi connectivity index (χ2v) is 36.1. The average molecular weight is 1570 g/mol. The molecular formula is C91H114ClFN6O6S4. The summed E-state index contributed by atoms with van der Waals surface area (Å²) in [4.78, 5) is 8.01. The number of alkyl halides is 1. The maximum atomic E-state index is 11.3. The molecule has 18 heteroatoms. The molecule has 0 unspecified atom stereocenters. The van der Waals surface area contributed by atoms with Crippen molar-refractivity contribution in [3.05, 3.63) is 260 Å². The number of halogens is 2. The molecule has 4 aliphatic heterocycles. The van der Waals surface area contributed by atoms with Crippen LogP contribution in [0.15, 0.2) is 248 Å². The van der Waals surface area contributed by atoms with Crippen molar-refractivity contribution < 1.29 is 40.9 Å². The molecule has 4 heterocycles. The molecule has 2 aliphatic carbocycles. The largest absolute Gasteiger partial charge is 0.748 e. The lowest BCUT2D eigenvalue weighted by Gasteiger charge is -2.27. The van der Waals surface area contributed by atoms with E-state index in [0.717, 1.165) is 113 Å². The van der Waals surface area contributed by atoms with Crippen molar-refractivity contribution >= 4 is 102 Å². The first-order valence-corrected chi connectivity index (χ1v) is 43.5. The number of thiol groups is 1. The van der Waals surface area contributed by atoms with E-state index in [0.29, 0.717) is 38.8 Å². The van der Waals surface area contributed by atoms with Gasteiger partial charge in [0.2, 0.25) is 11.4 Å². The quantitative estimate of drug-likeness (QED) is 0.0155. The summed E-state index contributed by atoms with van der Waals surface area (Å²) >= 11 is 13.1. The van der Waals surface area contributed by atoms with Crippen LogP contribution in [0.2, 0.25) is 0 Å². The van der Waals surface area contributed by atoms with E-state index in [1.807, 2.05) is 54.2 Å². The molecule has 12 rings (SSSR count). The third-order valence-corrected chi connectivity index (χ3v) is 25.5. The summed E-state index contributed by atoms with van der Waals surface area (Å²) in [6.07, 6.45) is 33.4. The van der Waals surface area contributed by atoms with Gasteiger partial charge in [-0.05, 0) is 211 Å². The van der Waals surface area contributed by atoms with Gasteiger partial charge in [-0.25, -0.2) is 16.8 Å². The van der Waals surface area contributed by atoms with Crippen molar-refractivity contribution in [3.8, 4) is 0 Å². The number of unbranched alkanes of at least 4 members (excludes halogenated alkanes) is 6. The predicted molar refractivity (Wildman–Crippen MR) is 459 cm³/mol. The molecule has 109 heavy (non-hydrogen) atoms. The van der Waals surface area contributed by atoms with Gasteiger partial charge >= 0.3 is 0 Å². The minimum Gasteiger partial charge on any atom is -0.748 e. The van der Waals surface area contributed by atoms with Gasteiger partial charge < -0.3 is 30.4 Å². The number of hydrogen-bond donors (Lipinski definition) is 3. The van der Waals surface area contributed by atoms with Crippen molar-refractivity contribution in [1.82, 2.24) is 0 Å². The topological polar surface area (TPSA) is 179 Å². The van der Waals surface area contributed by atoms with Crippen LogP contribution in [0.1, 0.15) is 196 Å². The molecule has 0 radical (unpaired) electrons. The Balaban J connectivity index is 0.000000224. The van der Waals surface area contributed by atoms with Crippen molar-refractivity contribution in [2.45, 2.75) is 203 Å². The molecule has 0 fully saturated rings. The predicted octanol–water partition coefficient (Wildman–Crippen LogP) is 22.1. The normalized spacial score (nSPS) is 19.1. The van der Waals surface area contributed by atoms with Gasteiger partial charge in [-0.2, -0.15) is 9.15 Å². The highest BCUT2D eigenvalue weighted by Crippen LogP contribution is 2.51. The summed E-state index contributed by atoms with van der Waals surface area (Å²) in [7, 11) is -9.45. The second-order valence-electron chi connectivity index (χ2n) is 31.1. The molecule has 12 nitrogen and oxygen atoms in total. The number of hydrogen-bond acceptors (Lipinski definition) is 12. The van der Waals surface area contributed by atoms with Crippen LogP contribution in [-0.4, -0.2) is 91.4 Å². The molecule has 6 aromatic rings. The molecule has 582 valence electrons. The maximum Gasteiger partial charge on any atom is 0.209 e. The first-order valence-electron chi connectivity index (χ1n) is 39.4. The number of anilines is 4. The number of nitrogens with zero attached hydrogens (tertiary/aromatic N) is 4. The number of nitrogens with two attached hydrogens (primary N) is 2. The van der Waals surface area contributed by atoms with Gasteiger partial charge in [0.05, 0.1) is 39.6 Å². The molecule has 0 saturated heterocycles. The summed E-state index contributed by atoms with van der Waals surface area (Å²) in [6, 6.07) is 50.1. The van der Waals surface area contributed by atoms with E-state index in [4.69, 9.17) is 24.4 Å². The summed E-state index contributed by atoms with van der Waals surface area (Å²) < 4.78 is 88.2. The number of nitrogen functional groups attached to an aromatic ring is 2. The fourth-order valence-corrected chi connectivity index (χ4v) is 18.8. The Morgan fingerprint density at radius 1 is 0.514 bits per heavy atom. The van der Waals surface area contributed by atoms with E-state index >= 15 is 0 Å². The minimum absolute atomic E-state index is 0.0888. The average Bonchev–Trinajstić information content (AvgIpc) is 1.62. The van der Waals surface area contributed by atoms with Crippen LogP contribution < -0.4 is 21.3 Å². The van der Waals surface area contributed by atoms with E-state index in [9.17, 15) is 30.3 Å². The number of thioether (sulfide) groups is 1. The molecule has 0 bridgehead atoms. The first-order chi connectivity index (χ1) is 52.4. The smallest absolute Gasteiger partial charge is 0.209 e. The first kappa shape index (κ1) is 84.0. The molecule has 0 amide bonds. The lowest BCUT2D eigenvalue weighted by atomic mass is 9.81. The van der Waals surface area contributed by atoms with Crippen molar-refractivity contribution in [3.63, 3.8) is 0 Å². The van der Waals surface area contributed by atoms with Gasteiger partial charge in [0.25, 0.3) is 0 Å². The van der Waals surface area contributed by atoms with Crippen molar-refractivity contribution in [1.29, 1.82) is 0 Å². The van der Waals surface area contributed by atoms with Crippen molar-refractivity contribution in [2.24, 2.45) is 0 Å². The van der Waals surface area contributed by atoms with E-state index in [2.05, 4.69) is 253 Å². The van der Waals surface area contributed by atoms with Crippen LogP contribution in [0.4, 0.5) is 38.5 Å². The minimum atomic E-state index is -4.24. The Kier molecular flexibility index (Phi) is 29.4. The fourth-order valence-electron chi connectivity index (χ4n) is 16.1. The van der Waals surface area contributed by atoms with Gasteiger partial charge in [0.15, 0.2) is 11.4 Å². The third kappa shape index (κ3) is 21.2. The zero-order valence-electron chi connectivity index (χ0n) is 66.6. The molecule has 0 spiro atoms. The Labute approximate surface area is 667 Å². The third-order valence-electron chi connectivity index (χ3n) is 21.9. The zero-order chi connectivity index (χ0) is 79.6. The number of fused-ring (bicyclic) bond motifs is 4. The van der Waals surface area contributed by atoms with Crippen LogP contribution >= 0.6 is 36.0 Å². The van der Waals surface area contributed by atoms with Gasteiger partial charge in [-0.3, -0.25) is 4.39 Å². The summed E-state index contributed by atoms with van der Waals surface area (Å²) in [5.41, 5.74) is 32.5. The number of para-hydroxylation sites is 4. The monoisotopic (exact) mass is 1570 g/mol. The number of benzene rings is 6. The van der Waals surface area contributed by atoms with Crippen LogP contribution in [0.25, 0.3) is 0 Å². The van der Waals surface area contributed by atoms with E-state index in [-0.39, 0.29) is 33.2 Å². The standard InChI is InChI=1S/C45H55N3O3S2.C39H49ClN2O3S.C6H7NS.CH3F/c1-6-7-12-30-47-39-20-10-8-18-37(39)44(2,3)41(47)28-22-33-16-15-17-34(43(33)52-36-26-24-35(46)25-27-36)23-29-42-45(4,5)38-19-9-11-21-40(38)48(42)31-13-14-32-53(49,50)51;1-6-7-12-26-41-33-20-10-8-18-31(33)38(2,3)35(41)24-22-29-16-15-17-30(37(29)40)23-25-36-39(4,5)32-19-9-11-21-34(32)42(36)27-13-14-28-46(43,44)45;7-5-1-3-6(8)4-2-5;1-2/h8-11,18-29H,6-7,12-17,30-32,46H2,1-5H3;8-11,18-25H,6-7,12-17,26-28H2,1-5H3;1-4,8H,7H2;1H3/i;;;1D. The van der Waals surface area contributed by atoms with Gasteiger partial charge in [0.1, 0.15) is 13.1 Å². The summed E-state index contributed by atoms with van der Waals surface area (Å²) in [5, 5.41) is 0.839. The highest BCUT2D eigenvalue weighted by atomic mass is 35.5. The number of rotatable bonds is 26. The summed E-state index contributed by atoms with van der Waals surface area (Å²) in [6.45, 7) is 26.2. The fraction of sp³-hybridized carbons (Fsp3) is 0.407. The maximum absolute atomic E-state index is 11.3. The Morgan fingerprint density at radius 2 is 0.908 bits per heavy atom. The van der Waals surface area contributed by atoms with Gasteiger partial charge in [0, 0.05) is 138 Å². The number of allylic oxidation sites excluding steroid dienone is 15. The highest BCUT2D eigenvalue weighted by molar-refractivity contribution is 8.03. The molecular weight excluding hydrogens is 1460 g/mol. The van der Waals surface area contributed by atoms with E-state index in [1.54, 1.807) is 0 Å². The molecule has 6 aromatic carbocycles. The van der Waals surface area contributed by atoms with Crippen LogP contribution in [0.5, 0.6) is 0 Å². The lowest BCUT2D eigenvalue weighted by molar-refractivity contribution is -0.438. The van der Waals surface area contributed by atoms with Crippen LogP contribution in [-0.2, 0) is 41.9 Å². The highest BCUT2D eigenvalue weighted by Gasteiger charge is 2.46. The Bertz CT molecular complexity index is 4780. The SMILES string of the molecule is CCCCC[N+]1=C(C=CC2=C(Cl)C(=CC=C3N(CCCCS(=O)(=O)[O-])c4ccccc4C3(C)C)CCC2)C(C)(C)c2ccccc21.CCCCC[N+]1=C(C=CC2=C(Sc3ccc(N)cc3)C(=CC=C3N(CCCCS(=O)(=O)[O-])c4ccccc4C3(C)C)CCC2)C(C)(C)c2ccccc21.Nc1ccc(S)cc1.[2H]CF. The van der Waals surface area contributed by atoms with Crippen LogP contribution in [0, 0.1) is 0 Å². The lowest BCUT2D eigenvalue weighted by Crippen LogP contribution is -2.28. The molecule has 6 aliphatic rings. The molecule has 0 atom stereocenters. The molecule has 0 saturated carbocycles. The Hall–Kier alpha value is -7.48. The van der Waals surface area contributed by atoms with E-state index < -0.39 is 27.4 Å². The van der Waals surface area contributed by atoms with Gasteiger partial charge in [-0.15, -0.1) is 12.6 Å². The van der Waals surface area contributed by atoms with Crippen molar-refractivity contribution in [2.75, 3.05) is 66.1 Å². The van der Waals surface area contributed by atoms with Crippen LogP contribution in [0.3, 0.4) is 0 Å². The second kappa shape index (κ2) is 38.2. The zero-order valence-corrected chi connectivity index (χ0v) is 69.7. The molecule has 4 N–H and O–H groups in total. The summed E-state index contributed by atoms with van der Waals surface area (Å²) in [5.74, 6) is -0.661. The molecule has 0 aromatic heterocycles. The van der Waals surface area contributed by atoms with E-state index in [1.165, 1.54) is 98.1 Å². The van der Waals surface area contributed by atoms with Gasteiger partial charge in [-0.1, -0.05) is 175 Å². The Morgan fingerprint density at radius 3 is 1.35 bits per heavy atom.